The quantitative estimate of drug-likeness (QED) is 0.217. The van der Waals surface area contributed by atoms with Crippen LogP contribution in [0.4, 0.5) is 0 Å². The summed E-state index contributed by atoms with van der Waals surface area (Å²) >= 11 is 0. The standard InChI is InChI=1S/C32H37O4S2/c1-2-32(22-9-10-23-32)36-31(33)25-12-11-17-30(24-25)38(34,35)29-20-18-28(19-21-29)37(26-13-5-3-6-14-26)27-15-7-4-8-16-27/h3-8,13-16,18-21,25,30H,2,9-12,17,22-24H2,1H3/q+1. The molecule has 2 aliphatic carbocycles. The average Bonchev–Trinajstić information content (AvgIpc) is 3.43. The Morgan fingerprint density at radius 1 is 0.816 bits per heavy atom. The van der Waals surface area contributed by atoms with Crippen molar-refractivity contribution in [3.63, 3.8) is 0 Å². The lowest BCUT2D eigenvalue weighted by Crippen LogP contribution is -2.38. The number of benzene rings is 3. The predicted octanol–water partition coefficient (Wildman–Crippen LogP) is 7.38. The molecule has 2 fully saturated rings. The highest BCUT2D eigenvalue weighted by Gasteiger charge is 2.41. The second kappa shape index (κ2) is 11.7. The van der Waals surface area contributed by atoms with Crippen LogP contribution < -0.4 is 0 Å². The maximum Gasteiger partial charge on any atom is 0.309 e. The van der Waals surface area contributed by atoms with Crippen molar-refractivity contribution in [1.29, 1.82) is 0 Å². The molecule has 2 unspecified atom stereocenters. The number of sulfone groups is 1. The monoisotopic (exact) mass is 549 g/mol. The van der Waals surface area contributed by atoms with Crippen LogP contribution in [0, 0.1) is 5.92 Å². The molecule has 2 aliphatic rings. The molecule has 0 spiro atoms. The Balaban J connectivity index is 1.34. The van der Waals surface area contributed by atoms with Gasteiger partial charge in [-0.3, -0.25) is 4.79 Å². The molecule has 0 amide bonds. The number of carbonyl (C=O) groups excluding carboxylic acids is 1. The first-order valence-corrected chi connectivity index (χ1v) is 16.6. The summed E-state index contributed by atoms with van der Waals surface area (Å²) in [7, 11) is -3.88. The minimum atomic E-state index is -3.55. The van der Waals surface area contributed by atoms with Crippen molar-refractivity contribution in [2.45, 2.75) is 95.1 Å². The van der Waals surface area contributed by atoms with E-state index in [1.807, 2.05) is 48.5 Å². The summed E-state index contributed by atoms with van der Waals surface area (Å²) in [5, 5.41) is -0.553. The molecular formula is C32H37O4S2+. The third kappa shape index (κ3) is 5.72. The maximum atomic E-state index is 13.7. The van der Waals surface area contributed by atoms with E-state index >= 15 is 0 Å². The highest BCUT2D eigenvalue weighted by Crippen LogP contribution is 2.39. The van der Waals surface area contributed by atoms with Crippen molar-refractivity contribution < 1.29 is 17.9 Å². The fraction of sp³-hybridized carbons (Fsp3) is 0.406. The van der Waals surface area contributed by atoms with E-state index in [0.717, 1.165) is 43.4 Å². The van der Waals surface area contributed by atoms with Crippen LogP contribution in [0.1, 0.15) is 64.7 Å². The Kier molecular flexibility index (Phi) is 8.29. The molecule has 5 rings (SSSR count). The van der Waals surface area contributed by atoms with Gasteiger partial charge in [-0.15, -0.1) is 0 Å². The zero-order chi connectivity index (χ0) is 26.6. The van der Waals surface area contributed by atoms with Crippen LogP contribution >= 0.6 is 0 Å². The van der Waals surface area contributed by atoms with Crippen LogP contribution in [0.2, 0.25) is 0 Å². The van der Waals surface area contributed by atoms with Gasteiger partial charge in [0.2, 0.25) is 0 Å². The minimum absolute atomic E-state index is 0.196. The smallest absolute Gasteiger partial charge is 0.309 e. The molecule has 3 aromatic carbocycles. The normalized spacial score (nSPS) is 21.3. The van der Waals surface area contributed by atoms with Gasteiger partial charge < -0.3 is 4.74 Å². The zero-order valence-electron chi connectivity index (χ0n) is 22.1. The van der Waals surface area contributed by atoms with Crippen molar-refractivity contribution in [3.05, 3.63) is 84.9 Å². The molecule has 2 atom stereocenters. The van der Waals surface area contributed by atoms with E-state index in [4.69, 9.17) is 4.74 Å². The Bertz CT molecular complexity index is 1280. The second-order valence-electron chi connectivity index (χ2n) is 10.6. The topological polar surface area (TPSA) is 60.4 Å². The zero-order valence-corrected chi connectivity index (χ0v) is 23.7. The SMILES string of the molecule is CCC1(OC(=O)C2CCCC(S(=O)(=O)c3ccc([S+](c4ccccc4)c4ccccc4)cc3)C2)CCCC1. The van der Waals surface area contributed by atoms with Gasteiger partial charge in [0.15, 0.2) is 24.5 Å². The van der Waals surface area contributed by atoms with Gasteiger partial charge in [-0.05, 0) is 99.9 Å². The molecule has 0 aliphatic heterocycles. The van der Waals surface area contributed by atoms with Crippen LogP contribution in [-0.2, 0) is 30.3 Å². The lowest BCUT2D eigenvalue weighted by Gasteiger charge is -2.33. The van der Waals surface area contributed by atoms with E-state index in [1.165, 1.54) is 9.79 Å². The van der Waals surface area contributed by atoms with E-state index in [2.05, 4.69) is 31.2 Å². The fourth-order valence-corrected chi connectivity index (χ4v) is 9.91. The van der Waals surface area contributed by atoms with Crippen LogP contribution in [0.5, 0.6) is 0 Å². The van der Waals surface area contributed by atoms with E-state index < -0.39 is 15.1 Å². The predicted molar refractivity (Wildman–Crippen MR) is 152 cm³/mol. The molecule has 0 aromatic heterocycles. The van der Waals surface area contributed by atoms with Crippen LogP contribution in [0.25, 0.3) is 0 Å². The van der Waals surface area contributed by atoms with Crippen molar-refractivity contribution in [2.75, 3.05) is 0 Å². The van der Waals surface area contributed by atoms with Crippen molar-refractivity contribution in [1.82, 2.24) is 0 Å². The highest BCUT2D eigenvalue weighted by molar-refractivity contribution is 7.97. The van der Waals surface area contributed by atoms with Crippen molar-refractivity contribution in [2.24, 2.45) is 5.92 Å². The van der Waals surface area contributed by atoms with Crippen LogP contribution in [-0.4, -0.2) is 25.2 Å². The molecule has 0 radical (unpaired) electrons. The molecule has 4 nitrogen and oxygen atoms in total. The molecule has 2 saturated carbocycles. The van der Waals surface area contributed by atoms with Gasteiger partial charge in [-0.2, -0.15) is 0 Å². The number of esters is 1. The van der Waals surface area contributed by atoms with Crippen LogP contribution in [0.3, 0.4) is 0 Å². The largest absolute Gasteiger partial charge is 0.459 e. The molecular weight excluding hydrogens is 512 g/mol. The first-order valence-electron chi connectivity index (χ1n) is 13.8. The van der Waals surface area contributed by atoms with Gasteiger partial charge >= 0.3 is 5.97 Å². The Morgan fingerprint density at radius 3 is 1.92 bits per heavy atom. The highest BCUT2D eigenvalue weighted by atomic mass is 32.2. The van der Waals surface area contributed by atoms with Gasteiger partial charge in [0.05, 0.1) is 27.0 Å². The Labute approximate surface area is 230 Å². The molecule has 6 heteroatoms. The van der Waals surface area contributed by atoms with Crippen molar-refractivity contribution in [3.8, 4) is 0 Å². The summed E-state index contributed by atoms with van der Waals surface area (Å²) in [5.41, 5.74) is -0.340. The summed E-state index contributed by atoms with van der Waals surface area (Å²) in [6.07, 6.45) is 7.23. The summed E-state index contributed by atoms with van der Waals surface area (Å²) in [4.78, 5) is 16.9. The van der Waals surface area contributed by atoms with Gasteiger partial charge in [0.25, 0.3) is 0 Å². The lowest BCUT2D eigenvalue weighted by molar-refractivity contribution is -0.166. The summed E-state index contributed by atoms with van der Waals surface area (Å²) in [6, 6.07) is 28.1. The molecule has 38 heavy (non-hydrogen) atoms. The third-order valence-corrected chi connectivity index (χ3v) is 12.7. The van der Waals surface area contributed by atoms with Gasteiger partial charge in [-0.1, -0.05) is 49.7 Å². The first-order chi connectivity index (χ1) is 18.4. The fourth-order valence-electron chi connectivity index (χ4n) is 5.96. The van der Waals surface area contributed by atoms with Crippen LogP contribution in [0.15, 0.2) is 105 Å². The molecule has 200 valence electrons. The lowest BCUT2D eigenvalue weighted by atomic mass is 9.88. The molecule has 0 N–H and O–H groups in total. The average molecular weight is 550 g/mol. The van der Waals surface area contributed by atoms with Gasteiger partial charge in [0, 0.05) is 0 Å². The Morgan fingerprint density at radius 2 is 1.37 bits per heavy atom. The van der Waals surface area contributed by atoms with Gasteiger partial charge in [0.1, 0.15) is 5.60 Å². The van der Waals surface area contributed by atoms with Crippen molar-refractivity contribution >= 4 is 26.7 Å². The number of hydrogen-bond acceptors (Lipinski definition) is 4. The molecule has 0 heterocycles. The third-order valence-electron chi connectivity index (χ3n) is 8.22. The maximum absolute atomic E-state index is 13.7. The number of rotatable bonds is 8. The number of hydrogen-bond donors (Lipinski definition) is 0. The minimum Gasteiger partial charge on any atom is -0.459 e. The van der Waals surface area contributed by atoms with E-state index in [1.54, 1.807) is 12.1 Å². The summed E-state index contributed by atoms with van der Waals surface area (Å²) in [5.74, 6) is -0.535. The molecule has 0 bridgehead atoms. The number of carbonyl (C=O) groups is 1. The second-order valence-corrected chi connectivity index (χ2v) is 14.9. The van der Waals surface area contributed by atoms with E-state index in [0.29, 0.717) is 24.2 Å². The van der Waals surface area contributed by atoms with Gasteiger partial charge in [-0.25, -0.2) is 8.42 Å². The van der Waals surface area contributed by atoms with E-state index in [9.17, 15) is 13.2 Å². The molecule has 0 saturated heterocycles. The van der Waals surface area contributed by atoms with E-state index in [-0.39, 0.29) is 28.4 Å². The molecule has 3 aromatic rings. The number of ether oxygens (including phenoxy) is 1. The summed E-state index contributed by atoms with van der Waals surface area (Å²) in [6.45, 7) is 2.08. The summed E-state index contributed by atoms with van der Waals surface area (Å²) < 4.78 is 33.4. The Hall–Kier alpha value is -2.57. The first kappa shape index (κ1) is 27.0.